The van der Waals surface area contributed by atoms with Gasteiger partial charge in [0.25, 0.3) is 5.91 Å². The monoisotopic (exact) mass is 348 g/mol. The van der Waals surface area contributed by atoms with Crippen molar-refractivity contribution >= 4 is 33.5 Å². The smallest absolute Gasteiger partial charge is 0.337 e. The van der Waals surface area contributed by atoms with E-state index in [4.69, 9.17) is 0 Å². The summed E-state index contributed by atoms with van der Waals surface area (Å²) in [5.41, 5.74) is 2.12. The van der Waals surface area contributed by atoms with Gasteiger partial charge in [-0.2, -0.15) is 0 Å². The number of carbonyl (C=O) groups excluding carboxylic acids is 2. The lowest BCUT2D eigenvalue weighted by Crippen LogP contribution is -2.15. The van der Waals surface area contributed by atoms with E-state index >= 15 is 0 Å². The van der Waals surface area contributed by atoms with Crippen LogP contribution in [-0.2, 0) is 4.74 Å². The van der Waals surface area contributed by atoms with Gasteiger partial charge in [0.1, 0.15) is 5.69 Å². The summed E-state index contributed by atoms with van der Waals surface area (Å²) in [4.78, 5) is 27.6. The maximum atomic E-state index is 12.2. The van der Waals surface area contributed by atoms with Crippen molar-refractivity contribution in [3.05, 3.63) is 57.8 Å². The van der Waals surface area contributed by atoms with E-state index in [0.29, 0.717) is 21.4 Å². The van der Waals surface area contributed by atoms with Gasteiger partial charge in [-0.1, -0.05) is 0 Å². The number of carbonyl (C=O) groups is 2. The van der Waals surface area contributed by atoms with Crippen molar-refractivity contribution < 1.29 is 14.3 Å². The first kappa shape index (κ1) is 15.2. The summed E-state index contributed by atoms with van der Waals surface area (Å²) < 4.78 is 5.27. The molecule has 0 aliphatic carbocycles. The number of pyridine rings is 1. The number of methoxy groups -OCH3 is 1. The van der Waals surface area contributed by atoms with Crippen molar-refractivity contribution in [2.75, 3.05) is 12.4 Å². The number of hydrogen-bond acceptors (Lipinski definition) is 4. The van der Waals surface area contributed by atoms with Crippen molar-refractivity contribution in [2.24, 2.45) is 0 Å². The van der Waals surface area contributed by atoms with Crippen molar-refractivity contribution in [1.29, 1.82) is 0 Å². The number of nitrogens with zero attached hydrogens (tertiary/aromatic N) is 1. The Hall–Kier alpha value is -2.21. The highest BCUT2D eigenvalue weighted by Crippen LogP contribution is 2.20. The molecule has 0 saturated heterocycles. The zero-order chi connectivity index (χ0) is 15.4. The van der Waals surface area contributed by atoms with Crippen LogP contribution in [-0.4, -0.2) is 24.0 Å². The van der Waals surface area contributed by atoms with E-state index in [1.54, 1.807) is 43.5 Å². The van der Waals surface area contributed by atoms with Gasteiger partial charge in [0, 0.05) is 16.4 Å². The van der Waals surface area contributed by atoms with Crippen LogP contribution in [0.2, 0.25) is 0 Å². The fourth-order valence-electron chi connectivity index (χ4n) is 1.78. The van der Waals surface area contributed by atoms with Crippen LogP contribution in [0.1, 0.15) is 26.4 Å². The molecule has 1 N–H and O–H groups in total. The van der Waals surface area contributed by atoms with Gasteiger partial charge in [0.2, 0.25) is 0 Å². The number of halogens is 1. The average Bonchev–Trinajstić information content (AvgIpc) is 2.48. The largest absolute Gasteiger partial charge is 0.465 e. The zero-order valence-corrected chi connectivity index (χ0v) is 13.1. The molecule has 0 radical (unpaired) electrons. The normalized spacial score (nSPS) is 10.0. The van der Waals surface area contributed by atoms with Gasteiger partial charge < -0.3 is 10.1 Å². The van der Waals surface area contributed by atoms with Crippen LogP contribution in [0.25, 0.3) is 0 Å². The van der Waals surface area contributed by atoms with E-state index in [9.17, 15) is 9.59 Å². The number of nitrogens with one attached hydrogen (secondary N) is 1. The molecule has 0 fully saturated rings. The lowest BCUT2D eigenvalue weighted by molar-refractivity contribution is 0.0600. The van der Waals surface area contributed by atoms with E-state index in [1.807, 2.05) is 0 Å². The van der Waals surface area contributed by atoms with Crippen molar-refractivity contribution in [3.63, 3.8) is 0 Å². The van der Waals surface area contributed by atoms with E-state index in [-0.39, 0.29) is 5.91 Å². The molecule has 1 aromatic heterocycles. The second-order valence-electron chi connectivity index (χ2n) is 4.31. The third-order valence-corrected chi connectivity index (χ3v) is 3.51. The fourth-order valence-corrected chi connectivity index (χ4v) is 2.22. The molecule has 0 spiro atoms. The Bertz CT molecular complexity index is 701. The molecule has 1 heterocycles. The second-order valence-corrected chi connectivity index (χ2v) is 5.16. The van der Waals surface area contributed by atoms with Crippen LogP contribution < -0.4 is 5.32 Å². The minimum Gasteiger partial charge on any atom is -0.465 e. The molecule has 1 amide bonds. The summed E-state index contributed by atoms with van der Waals surface area (Å²) in [6.07, 6.45) is 1.55. The molecular formula is C15H13BrN2O3. The Kier molecular flexibility index (Phi) is 4.70. The number of aryl methyl sites for hydroxylation is 1. The lowest BCUT2D eigenvalue weighted by Gasteiger charge is -2.10. The van der Waals surface area contributed by atoms with Crippen LogP contribution >= 0.6 is 15.9 Å². The molecule has 2 aromatic rings. The molecule has 108 valence electrons. The fraction of sp³-hybridized carbons (Fsp3) is 0.133. The molecule has 0 bridgehead atoms. The first-order valence-corrected chi connectivity index (χ1v) is 6.93. The van der Waals surface area contributed by atoms with Gasteiger partial charge in [-0.3, -0.25) is 4.79 Å². The number of ether oxygens (including phenoxy) is 1. The number of hydrogen-bond donors (Lipinski definition) is 1. The maximum absolute atomic E-state index is 12.2. The van der Waals surface area contributed by atoms with E-state index in [2.05, 4.69) is 31.0 Å². The highest BCUT2D eigenvalue weighted by molar-refractivity contribution is 9.10. The summed E-state index contributed by atoms with van der Waals surface area (Å²) in [6, 6.07) is 8.40. The molecule has 0 unspecified atom stereocenters. The predicted octanol–water partition coefficient (Wildman–Crippen LogP) is 3.19. The minimum atomic E-state index is -0.413. The van der Waals surface area contributed by atoms with Crippen LogP contribution in [0.5, 0.6) is 0 Å². The van der Waals surface area contributed by atoms with Crippen molar-refractivity contribution in [3.8, 4) is 0 Å². The van der Waals surface area contributed by atoms with E-state index in [0.717, 1.165) is 5.56 Å². The summed E-state index contributed by atoms with van der Waals surface area (Å²) >= 11 is 3.28. The van der Waals surface area contributed by atoms with Crippen LogP contribution in [0, 0.1) is 6.92 Å². The minimum absolute atomic E-state index is 0.300. The zero-order valence-electron chi connectivity index (χ0n) is 11.5. The Morgan fingerprint density at radius 3 is 2.67 bits per heavy atom. The topological polar surface area (TPSA) is 68.3 Å². The third-order valence-electron chi connectivity index (χ3n) is 2.87. The summed E-state index contributed by atoms with van der Waals surface area (Å²) in [5, 5.41) is 2.77. The molecule has 0 aliphatic heterocycles. The molecule has 1 aromatic carbocycles. The number of amides is 1. The van der Waals surface area contributed by atoms with Gasteiger partial charge in [-0.15, -0.1) is 0 Å². The highest BCUT2D eigenvalue weighted by Gasteiger charge is 2.13. The molecule has 2 rings (SSSR count). The standard InChI is InChI=1S/C15H13BrN2O3/c1-9-8-10(15(20)21-2)5-6-12(9)18-14(19)13-11(16)4-3-7-17-13/h3-8H,1-2H3,(H,18,19). The first-order valence-electron chi connectivity index (χ1n) is 6.13. The van der Waals surface area contributed by atoms with Crippen LogP contribution in [0.15, 0.2) is 41.0 Å². The van der Waals surface area contributed by atoms with Gasteiger partial charge >= 0.3 is 5.97 Å². The Morgan fingerprint density at radius 1 is 1.29 bits per heavy atom. The number of anilines is 1. The average molecular weight is 349 g/mol. The van der Waals surface area contributed by atoms with Gasteiger partial charge in [-0.05, 0) is 58.7 Å². The van der Waals surface area contributed by atoms with Crippen molar-refractivity contribution in [2.45, 2.75) is 6.92 Å². The Morgan fingerprint density at radius 2 is 2.05 bits per heavy atom. The molecular weight excluding hydrogens is 336 g/mol. The van der Waals surface area contributed by atoms with Crippen molar-refractivity contribution in [1.82, 2.24) is 4.98 Å². The Labute approximate surface area is 130 Å². The molecule has 0 saturated carbocycles. The molecule has 0 aliphatic rings. The third kappa shape index (κ3) is 3.46. The van der Waals surface area contributed by atoms with E-state index < -0.39 is 5.97 Å². The summed E-state index contributed by atoms with van der Waals surface area (Å²) in [6.45, 7) is 1.80. The van der Waals surface area contributed by atoms with Gasteiger partial charge in [0.05, 0.1) is 12.7 Å². The SMILES string of the molecule is COC(=O)c1ccc(NC(=O)c2ncccc2Br)c(C)c1. The van der Waals surface area contributed by atoms with Crippen LogP contribution in [0.4, 0.5) is 5.69 Å². The number of aromatic nitrogens is 1. The van der Waals surface area contributed by atoms with Gasteiger partial charge in [-0.25, -0.2) is 9.78 Å². The van der Waals surface area contributed by atoms with Gasteiger partial charge in [0.15, 0.2) is 0 Å². The number of esters is 1. The maximum Gasteiger partial charge on any atom is 0.337 e. The quantitative estimate of drug-likeness (QED) is 0.865. The Balaban J connectivity index is 2.22. The summed E-state index contributed by atoms with van der Waals surface area (Å²) in [5.74, 6) is -0.736. The summed E-state index contributed by atoms with van der Waals surface area (Å²) in [7, 11) is 1.33. The number of rotatable bonds is 3. The second kappa shape index (κ2) is 6.49. The predicted molar refractivity (Wildman–Crippen MR) is 82.4 cm³/mol. The highest BCUT2D eigenvalue weighted by atomic mass is 79.9. The number of benzene rings is 1. The molecule has 0 atom stereocenters. The van der Waals surface area contributed by atoms with E-state index in [1.165, 1.54) is 7.11 Å². The lowest BCUT2D eigenvalue weighted by atomic mass is 10.1. The molecule has 21 heavy (non-hydrogen) atoms. The molecule has 5 nitrogen and oxygen atoms in total. The first-order chi connectivity index (χ1) is 10.0. The molecule has 6 heteroatoms. The van der Waals surface area contributed by atoms with Crippen LogP contribution in [0.3, 0.4) is 0 Å².